The molecule has 34 heavy (non-hydrogen) atoms. The highest BCUT2D eigenvalue weighted by Crippen LogP contribution is 2.44. The first kappa shape index (κ1) is 23.4. The van der Waals surface area contributed by atoms with Crippen LogP contribution in [-0.2, 0) is 16.1 Å². The van der Waals surface area contributed by atoms with Gasteiger partial charge in [-0.15, -0.1) is 0 Å². The Balaban J connectivity index is 1.19. The zero-order valence-corrected chi connectivity index (χ0v) is 20.5. The van der Waals surface area contributed by atoms with Gasteiger partial charge in [0.2, 0.25) is 5.91 Å². The lowest BCUT2D eigenvalue weighted by Crippen LogP contribution is -2.48. The normalized spacial score (nSPS) is 30.5. The number of nitrogens with one attached hydrogen (secondary N) is 1. The lowest BCUT2D eigenvalue weighted by Gasteiger charge is -2.37. The second-order valence-corrected chi connectivity index (χ2v) is 10.3. The zero-order valence-electron chi connectivity index (χ0n) is 20.5. The van der Waals surface area contributed by atoms with Gasteiger partial charge in [-0.25, -0.2) is 0 Å². The average molecular weight is 463 g/mol. The number of fused-ring (bicyclic) bond motifs is 1. The Morgan fingerprint density at radius 1 is 0.971 bits per heavy atom. The number of amides is 1. The van der Waals surface area contributed by atoms with E-state index in [1.165, 1.54) is 30.4 Å². The molecule has 3 aliphatic rings. The summed E-state index contributed by atoms with van der Waals surface area (Å²) in [7, 11) is 1.69. The van der Waals surface area contributed by atoms with Gasteiger partial charge in [-0.05, 0) is 73.6 Å². The molecule has 1 N–H and O–H groups in total. The van der Waals surface area contributed by atoms with Crippen LogP contribution in [0, 0.1) is 5.92 Å². The number of hydrogen-bond acceptors (Lipinski definition) is 4. The maximum absolute atomic E-state index is 12.6. The Morgan fingerprint density at radius 3 is 2.32 bits per heavy atom. The molecule has 1 aliphatic heterocycles. The van der Waals surface area contributed by atoms with Gasteiger partial charge in [0.05, 0.1) is 25.9 Å². The molecule has 182 valence electrons. The summed E-state index contributed by atoms with van der Waals surface area (Å²) < 4.78 is 11.8. The van der Waals surface area contributed by atoms with E-state index in [0.717, 1.165) is 31.6 Å². The summed E-state index contributed by atoms with van der Waals surface area (Å²) in [6, 6.07) is 19.9. The van der Waals surface area contributed by atoms with Crippen LogP contribution in [0.15, 0.2) is 54.6 Å². The monoisotopic (exact) mass is 462 g/mol. The summed E-state index contributed by atoms with van der Waals surface area (Å²) >= 11 is 0. The van der Waals surface area contributed by atoms with E-state index in [0.29, 0.717) is 30.6 Å². The number of hydrogen-bond donors (Lipinski definition) is 1. The predicted octanol–water partition coefficient (Wildman–Crippen LogP) is 4.91. The second kappa shape index (κ2) is 10.5. The number of rotatable bonds is 8. The molecule has 2 saturated carbocycles. The minimum Gasteiger partial charge on any atom is -0.497 e. The molecule has 2 aromatic rings. The standard InChI is InChI=1S/C29H38N2O3/c1-20(32)31-27-17-16-26(27)29(30-18-21-8-12-24(33-2)13-9-21)28(31)19-34-25-14-10-23(11-15-25)22-6-4-3-5-7-22/h3-9,12-13,23,25-30H,10-11,14-19H2,1-2H3/t23?,25?,26-,27+,28-,29?/m0/s1. The number of likely N-dealkylation sites (tertiary alicyclic amines) is 1. The molecule has 1 saturated heterocycles. The summed E-state index contributed by atoms with van der Waals surface area (Å²) in [6.07, 6.45) is 7.17. The first-order valence-corrected chi connectivity index (χ1v) is 13.0. The van der Waals surface area contributed by atoms with Gasteiger partial charge in [0, 0.05) is 25.6 Å². The van der Waals surface area contributed by atoms with Gasteiger partial charge in [-0.2, -0.15) is 0 Å². The molecule has 1 amide bonds. The third-order valence-electron chi connectivity index (χ3n) is 8.39. The quantitative estimate of drug-likeness (QED) is 0.606. The molecule has 5 heteroatoms. The van der Waals surface area contributed by atoms with Crippen LogP contribution in [0.2, 0.25) is 0 Å². The van der Waals surface area contributed by atoms with Gasteiger partial charge in [-0.3, -0.25) is 4.79 Å². The molecule has 4 atom stereocenters. The van der Waals surface area contributed by atoms with Crippen LogP contribution in [-0.4, -0.2) is 48.8 Å². The molecular weight excluding hydrogens is 424 g/mol. The van der Waals surface area contributed by atoms with Crippen LogP contribution in [0.4, 0.5) is 0 Å². The van der Waals surface area contributed by atoms with Gasteiger partial charge < -0.3 is 19.7 Å². The Bertz CT molecular complexity index is 940. The van der Waals surface area contributed by atoms with Crippen LogP contribution in [0.1, 0.15) is 62.5 Å². The highest BCUT2D eigenvalue weighted by atomic mass is 16.5. The number of benzene rings is 2. The van der Waals surface area contributed by atoms with Crippen LogP contribution in [0.25, 0.3) is 0 Å². The van der Waals surface area contributed by atoms with Crippen molar-refractivity contribution in [3.63, 3.8) is 0 Å². The molecule has 5 nitrogen and oxygen atoms in total. The van der Waals surface area contributed by atoms with Gasteiger partial charge in [0.15, 0.2) is 0 Å². The predicted molar refractivity (Wildman–Crippen MR) is 134 cm³/mol. The van der Waals surface area contributed by atoms with Crippen molar-refractivity contribution < 1.29 is 14.3 Å². The van der Waals surface area contributed by atoms with E-state index in [4.69, 9.17) is 9.47 Å². The van der Waals surface area contributed by atoms with Crippen LogP contribution >= 0.6 is 0 Å². The highest BCUT2D eigenvalue weighted by molar-refractivity contribution is 5.75. The minimum atomic E-state index is 0.111. The molecule has 2 aliphatic carbocycles. The molecule has 0 radical (unpaired) electrons. The van der Waals surface area contributed by atoms with Gasteiger partial charge in [0.1, 0.15) is 5.75 Å². The van der Waals surface area contributed by atoms with Crippen molar-refractivity contribution in [3.05, 3.63) is 65.7 Å². The van der Waals surface area contributed by atoms with Gasteiger partial charge in [-0.1, -0.05) is 42.5 Å². The Kier molecular flexibility index (Phi) is 7.21. The van der Waals surface area contributed by atoms with Gasteiger partial charge in [0.25, 0.3) is 0 Å². The summed E-state index contributed by atoms with van der Waals surface area (Å²) in [5.74, 6) is 2.24. The number of ether oxygens (including phenoxy) is 2. The zero-order chi connectivity index (χ0) is 23.5. The van der Waals surface area contributed by atoms with Crippen LogP contribution in [0.3, 0.4) is 0 Å². The first-order chi connectivity index (χ1) is 16.6. The number of carbonyl (C=O) groups excluding carboxylic acids is 1. The van der Waals surface area contributed by atoms with E-state index in [2.05, 4.69) is 52.7 Å². The fraction of sp³-hybridized carbons (Fsp3) is 0.552. The number of nitrogens with zero attached hydrogens (tertiary/aromatic N) is 1. The fourth-order valence-electron chi connectivity index (χ4n) is 6.42. The second-order valence-electron chi connectivity index (χ2n) is 10.3. The van der Waals surface area contributed by atoms with Crippen molar-refractivity contribution in [2.75, 3.05) is 13.7 Å². The van der Waals surface area contributed by atoms with Crippen LogP contribution in [0.5, 0.6) is 5.75 Å². The van der Waals surface area contributed by atoms with E-state index in [9.17, 15) is 4.79 Å². The topological polar surface area (TPSA) is 50.8 Å². The number of carbonyl (C=O) groups is 1. The Labute approximate surface area is 203 Å². The van der Waals surface area contributed by atoms with E-state index in [-0.39, 0.29) is 18.0 Å². The SMILES string of the molecule is COc1ccc(CNC2[C@H]3CC[C@H]3N(C(C)=O)[C@H]2COC2CCC(c3ccccc3)CC2)cc1. The number of methoxy groups -OCH3 is 1. The Hall–Kier alpha value is -2.37. The lowest BCUT2D eigenvalue weighted by molar-refractivity contribution is -0.135. The summed E-state index contributed by atoms with van der Waals surface area (Å²) in [4.78, 5) is 14.8. The molecule has 3 fully saturated rings. The van der Waals surface area contributed by atoms with Crippen molar-refractivity contribution >= 4 is 5.91 Å². The summed E-state index contributed by atoms with van der Waals surface area (Å²) in [5.41, 5.74) is 2.69. The lowest BCUT2D eigenvalue weighted by atomic mass is 9.77. The molecular formula is C29H38N2O3. The molecule has 1 unspecified atom stereocenters. The average Bonchev–Trinajstić information content (AvgIpc) is 3.07. The van der Waals surface area contributed by atoms with Crippen molar-refractivity contribution in [2.45, 2.75) is 82.1 Å². The van der Waals surface area contributed by atoms with Crippen molar-refractivity contribution in [2.24, 2.45) is 5.92 Å². The molecule has 0 aromatic heterocycles. The van der Waals surface area contributed by atoms with E-state index < -0.39 is 0 Å². The van der Waals surface area contributed by atoms with E-state index >= 15 is 0 Å². The molecule has 5 rings (SSSR count). The fourth-order valence-corrected chi connectivity index (χ4v) is 6.42. The van der Waals surface area contributed by atoms with Crippen molar-refractivity contribution in [1.29, 1.82) is 0 Å². The molecule has 1 heterocycles. The Morgan fingerprint density at radius 2 is 1.71 bits per heavy atom. The maximum Gasteiger partial charge on any atom is 0.220 e. The van der Waals surface area contributed by atoms with Gasteiger partial charge >= 0.3 is 0 Å². The van der Waals surface area contributed by atoms with Crippen molar-refractivity contribution in [3.8, 4) is 5.75 Å². The smallest absolute Gasteiger partial charge is 0.220 e. The molecule has 0 spiro atoms. The highest BCUT2D eigenvalue weighted by Gasteiger charge is 2.54. The minimum absolute atomic E-state index is 0.111. The maximum atomic E-state index is 12.6. The third kappa shape index (κ3) is 4.87. The van der Waals surface area contributed by atoms with Crippen molar-refractivity contribution in [1.82, 2.24) is 10.2 Å². The van der Waals surface area contributed by atoms with E-state index in [1.54, 1.807) is 14.0 Å². The first-order valence-electron chi connectivity index (χ1n) is 13.0. The third-order valence-corrected chi connectivity index (χ3v) is 8.39. The van der Waals surface area contributed by atoms with Crippen LogP contribution < -0.4 is 10.1 Å². The van der Waals surface area contributed by atoms with E-state index in [1.807, 2.05) is 12.1 Å². The summed E-state index contributed by atoms with van der Waals surface area (Å²) in [5, 5.41) is 3.80. The molecule has 2 aromatic carbocycles. The summed E-state index contributed by atoms with van der Waals surface area (Å²) in [6.45, 7) is 3.15. The largest absolute Gasteiger partial charge is 0.497 e. The molecule has 0 bridgehead atoms.